The molecule has 1 heterocycles. The van der Waals surface area contributed by atoms with Crippen molar-refractivity contribution in [1.82, 2.24) is 36.8 Å². The van der Waals surface area contributed by atoms with Gasteiger partial charge >= 0.3 is 5.97 Å². The molecule has 0 saturated carbocycles. The van der Waals surface area contributed by atoms with Crippen LogP contribution in [-0.4, -0.2) is 128 Å². The Morgan fingerprint density at radius 1 is 0.854 bits per heavy atom. The van der Waals surface area contributed by atoms with E-state index in [-0.39, 0.29) is 6.42 Å². The lowest BCUT2D eigenvalue weighted by molar-refractivity contribution is -0.145. The zero-order valence-corrected chi connectivity index (χ0v) is 25.8. The van der Waals surface area contributed by atoms with E-state index in [1.54, 1.807) is 30.3 Å². The minimum absolute atomic E-state index is 0.0113. The minimum Gasteiger partial charge on any atom is -0.480 e. The normalized spacial score (nSPS) is 14.6. The summed E-state index contributed by atoms with van der Waals surface area (Å²) in [5.41, 5.74) is 3.90. The SMILES string of the molecule is [B]C(C)(OCNC(=O)CNC(=O)C(Cc1ccccc1)NC(=O)CNC(=O)CNC(=O)C(CNCC(=O)O)N1C(=O)C=CC1=O)C(N)=O. The first-order valence-corrected chi connectivity index (χ1v) is 14.2. The van der Waals surface area contributed by atoms with Crippen LogP contribution in [0.3, 0.4) is 0 Å². The molecular formula is C28H35BN8O11. The monoisotopic (exact) mass is 670 g/mol. The minimum atomic E-state index is -1.84. The molecule has 0 aliphatic carbocycles. The molecular weight excluding hydrogens is 635 g/mol. The highest BCUT2D eigenvalue weighted by Crippen LogP contribution is 2.09. The van der Waals surface area contributed by atoms with Crippen molar-refractivity contribution in [3.05, 3.63) is 48.0 Å². The van der Waals surface area contributed by atoms with Crippen LogP contribution in [0.1, 0.15) is 12.5 Å². The van der Waals surface area contributed by atoms with Gasteiger partial charge in [0.15, 0.2) is 0 Å². The average molecular weight is 670 g/mol. The molecule has 0 bridgehead atoms. The van der Waals surface area contributed by atoms with Gasteiger partial charge in [0, 0.05) is 25.1 Å². The third-order valence-corrected chi connectivity index (χ3v) is 6.43. The zero-order chi connectivity index (χ0) is 35.9. The number of carbonyl (C=O) groups excluding carboxylic acids is 8. The molecule has 19 nitrogen and oxygen atoms in total. The second kappa shape index (κ2) is 18.5. The number of amides is 8. The Labute approximate surface area is 275 Å². The zero-order valence-electron chi connectivity index (χ0n) is 25.8. The molecule has 1 aromatic carbocycles. The third-order valence-electron chi connectivity index (χ3n) is 6.43. The molecule has 0 saturated heterocycles. The predicted octanol–water partition coefficient (Wildman–Crippen LogP) is -5.51. The van der Waals surface area contributed by atoms with E-state index in [0.29, 0.717) is 10.5 Å². The van der Waals surface area contributed by atoms with E-state index in [0.717, 1.165) is 12.2 Å². The molecule has 1 aliphatic heterocycles. The van der Waals surface area contributed by atoms with Crippen molar-refractivity contribution in [1.29, 1.82) is 0 Å². The lowest BCUT2D eigenvalue weighted by Crippen LogP contribution is -2.56. The number of rotatable bonds is 20. The first-order chi connectivity index (χ1) is 22.6. The van der Waals surface area contributed by atoms with Crippen molar-refractivity contribution in [2.75, 3.05) is 39.5 Å². The Morgan fingerprint density at radius 3 is 2.00 bits per heavy atom. The molecule has 256 valence electrons. The van der Waals surface area contributed by atoms with Crippen LogP contribution in [0.2, 0.25) is 0 Å². The fraction of sp³-hybridized carbons (Fsp3) is 0.393. The quantitative estimate of drug-likeness (QED) is 0.0366. The van der Waals surface area contributed by atoms with E-state index in [1.807, 2.05) is 0 Å². The van der Waals surface area contributed by atoms with Gasteiger partial charge in [-0.3, -0.25) is 48.1 Å². The topological polar surface area (TPSA) is 285 Å². The van der Waals surface area contributed by atoms with Gasteiger partial charge in [-0.05, 0) is 12.5 Å². The maximum Gasteiger partial charge on any atom is 0.317 e. The van der Waals surface area contributed by atoms with E-state index >= 15 is 0 Å². The van der Waals surface area contributed by atoms with Crippen LogP contribution in [-0.2, 0) is 54.3 Å². The lowest BCUT2D eigenvalue weighted by Gasteiger charge is -2.25. The first-order valence-electron chi connectivity index (χ1n) is 14.2. The summed E-state index contributed by atoms with van der Waals surface area (Å²) in [6.07, 6.45) is 1.88. The molecule has 0 spiro atoms. The lowest BCUT2D eigenvalue weighted by atomic mass is 9.83. The van der Waals surface area contributed by atoms with Gasteiger partial charge in [0.1, 0.15) is 32.2 Å². The van der Waals surface area contributed by atoms with Crippen LogP contribution < -0.4 is 37.6 Å². The van der Waals surface area contributed by atoms with Crippen molar-refractivity contribution < 1.29 is 53.0 Å². The Morgan fingerprint density at radius 2 is 1.42 bits per heavy atom. The van der Waals surface area contributed by atoms with Gasteiger partial charge < -0.3 is 47.5 Å². The number of primary amides is 1. The van der Waals surface area contributed by atoms with Crippen LogP contribution in [0.15, 0.2) is 42.5 Å². The number of nitrogens with zero attached hydrogens (tertiary/aromatic N) is 1. The van der Waals surface area contributed by atoms with E-state index in [9.17, 15) is 43.2 Å². The standard InChI is InChI=1S/C28H35BN8O11/c1-28(29,27(30)47)48-15-35-20(39)12-33-25(45)17(9-16-5-3-2-4-6-16)36-21(40)13-32-19(38)11-34-26(46)18(10-31-14-24(43)44)37-22(41)7-8-23(37)42/h2-8,17-18,31H,9-15H2,1H3,(H2,30,47)(H,32,38)(H,33,45)(H,34,46)(H,35,39)(H,36,40)(H,43,44). The summed E-state index contributed by atoms with van der Waals surface area (Å²) in [5, 5.41) is 22.8. The second-order valence-electron chi connectivity index (χ2n) is 10.3. The Hall–Kier alpha value is -5.63. The summed E-state index contributed by atoms with van der Waals surface area (Å²) in [6.45, 7) is -2.11. The molecule has 0 fully saturated rings. The van der Waals surface area contributed by atoms with Crippen LogP contribution in [0.25, 0.3) is 0 Å². The fourth-order valence-corrected chi connectivity index (χ4v) is 3.86. The van der Waals surface area contributed by atoms with Crippen molar-refractivity contribution in [3.8, 4) is 0 Å². The van der Waals surface area contributed by atoms with Crippen LogP contribution >= 0.6 is 0 Å². The summed E-state index contributed by atoms with van der Waals surface area (Å²) >= 11 is 0. The summed E-state index contributed by atoms with van der Waals surface area (Å²) in [4.78, 5) is 110. The molecule has 3 unspecified atom stereocenters. The molecule has 2 rings (SSSR count). The molecule has 1 aliphatic rings. The van der Waals surface area contributed by atoms with E-state index in [1.165, 1.54) is 6.92 Å². The van der Waals surface area contributed by atoms with Crippen molar-refractivity contribution in [3.63, 3.8) is 0 Å². The number of carboxylic acids is 1. The van der Waals surface area contributed by atoms with E-state index in [2.05, 4.69) is 31.9 Å². The van der Waals surface area contributed by atoms with Crippen LogP contribution in [0, 0.1) is 0 Å². The Bertz CT molecular complexity index is 1420. The van der Waals surface area contributed by atoms with Gasteiger partial charge in [-0.25, -0.2) is 0 Å². The highest BCUT2D eigenvalue weighted by Gasteiger charge is 2.36. The first kappa shape index (κ1) is 38.6. The van der Waals surface area contributed by atoms with E-state index < -0.39 is 110 Å². The second-order valence-corrected chi connectivity index (χ2v) is 10.3. The maximum absolute atomic E-state index is 12.9. The molecule has 9 N–H and O–H groups in total. The Balaban J connectivity index is 1.91. The molecule has 48 heavy (non-hydrogen) atoms. The average Bonchev–Trinajstić information content (AvgIpc) is 3.36. The highest BCUT2D eigenvalue weighted by molar-refractivity contribution is 6.26. The number of hydrogen-bond acceptors (Lipinski definition) is 11. The fourth-order valence-electron chi connectivity index (χ4n) is 3.86. The summed E-state index contributed by atoms with van der Waals surface area (Å²) in [5.74, 6) is -7.87. The number of aliphatic carboxylic acids is 1. The van der Waals surface area contributed by atoms with Gasteiger partial charge in [-0.1, -0.05) is 30.3 Å². The van der Waals surface area contributed by atoms with Crippen molar-refractivity contribution in [2.45, 2.75) is 30.9 Å². The van der Waals surface area contributed by atoms with Crippen molar-refractivity contribution >= 4 is 61.1 Å². The van der Waals surface area contributed by atoms with Gasteiger partial charge in [0.2, 0.25) is 35.4 Å². The largest absolute Gasteiger partial charge is 0.480 e. The highest BCUT2D eigenvalue weighted by atomic mass is 16.5. The number of nitrogens with one attached hydrogen (secondary N) is 6. The van der Waals surface area contributed by atoms with Crippen LogP contribution in [0.4, 0.5) is 0 Å². The predicted molar refractivity (Wildman–Crippen MR) is 164 cm³/mol. The number of carbonyl (C=O) groups is 9. The molecule has 0 aromatic heterocycles. The van der Waals surface area contributed by atoms with Gasteiger partial charge in [-0.2, -0.15) is 0 Å². The molecule has 1 aromatic rings. The number of nitrogens with two attached hydrogens (primary N) is 1. The number of benzene rings is 1. The summed E-state index contributed by atoms with van der Waals surface area (Å²) in [7, 11) is 5.52. The van der Waals surface area contributed by atoms with E-state index in [4.69, 9.17) is 23.4 Å². The Kier molecular flexibility index (Phi) is 14.9. The smallest absolute Gasteiger partial charge is 0.317 e. The molecule has 3 atom stereocenters. The van der Waals surface area contributed by atoms with Crippen molar-refractivity contribution in [2.24, 2.45) is 5.73 Å². The number of imide groups is 1. The summed E-state index contributed by atoms with van der Waals surface area (Å²) in [6, 6.07) is 5.91. The van der Waals surface area contributed by atoms with Gasteiger partial charge in [-0.15, -0.1) is 0 Å². The maximum atomic E-state index is 12.9. The number of carboxylic acid groups (broad SMARTS) is 1. The van der Waals surface area contributed by atoms with Gasteiger partial charge in [0.05, 0.1) is 26.2 Å². The summed E-state index contributed by atoms with van der Waals surface area (Å²) < 4.78 is 4.98. The van der Waals surface area contributed by atoms with Crippen LogP contribution in [0.5, 0.6) is 0 Å². The molecule has 20 heteroatoms. The number of hydrogen-bond donors (Lipinski definition) is 8. The van der Waals surface area contributed by atoms with Gasteiger partial charge in [0.25, 0.3) is 11.8 Å². The molecule has 2 radical (unpaired) electrons. The molecule has 8 amide bonds. The number of ether oxygens (including phenoxy) is 1. The third kappa shape index (κ3) is 13.0.